The average molecular weight is 242 g/mol. The van der Waals surface area contributed by atoms with E-state index in [1.54, 1.807) is 0 Å². The highest BCUT2D eigenvalue weighted by atomic mass is 19.1. The van der Waals surface area contributed by atoms with E-state index in [1.165, 1.54) is 19.1 Å². The first kappa shape index (κ1) is 13.6. The molecule has 0 heterocycles. The van der Waals surface area contributed by atoms with Gasteiger partial charge in [0.05, 0.1) is 0 Å². The first-order chi connectivity index (χ1) is 7.99. The van der Waals surface area contributed by atoms with Crippen LogP contribution in [0.2, 0.25) is 0 Å². The SMILES string of the molecule is CC(=O)NCCNC(C)c1cc(F)cc(F)c1. The van der Waals surface area contributed by atoms with Gasteiger partial charge in [0.2, 0.25) is 5.91 Å². The average Bonchev–Trinajstić information content (AvgIpc) is 2.22. The third-order valence-corrected chi connectivity index (χ3v) is 2.33. The van der Waals surface area contributed by atoms with Crippen molar-refractivity contribution >= 4 is 5.91 Å². The Morgan fingerprint density at radius 2 is 1.82 bits per heavy atom. The van der Waals surface area contributed by atoms with Gasteiger partial charge >= 0.3 is 0 Å². The first-order valence-corrected chi connectivity index (χ1v) is 5.43. The summed E-state index contributed by atoms with van der Waals surface area (Å²) in [6.45, 7) is 4.27. The maximum atomic E-state index is 13.0. The summed E-state index contributed by atoms with van der Waals surface area (Å²) in [4.78, 5) is 10.6. The van der Waals surface area contributed by atoms with Crippen LogP contribution in [0, 0.1) is 11.6 Å². The summed E-state index contributed by atoms with van der Waals surface area (Å²) in [6, 6.07) is 3.25. The number of amides is 1. The summed E-state index contributed by atoms with van der Waals surface area (Å²) in [6.07, 6.45) is 0. The molecule has 0 spiro atoms. The van der Waals surface area contributed by atoms with E-state index in [-0.39, 0.29) is 11.9 Å². The molecule has 0 saturated heterocycles. The van der Waals surface area contributed by atoms with E-state index in [4.69, 9.17) is 0 Å². The molecule has 0 bridgehead atoms. The van der Waals surface area contributed by atoms with Crippen LogP contribution in [-0.2, 0) is 4.79 Å². The molecule has 0 aliphatic rings. The normalized spacial score (nSPS) is 12.2. The van der Waals surface area contributed by atoms with Gasteiger partial charge in [-0.1, -0.05) is 0 Å². The summed E-state index contributed by atoms with van der Waals surface area (Å²) in [5.74, 6) is -1.28. The molecular weight excluding hydrogens is 226 g/mol. The van der Waals surface area contributed by atoms with E-state index < -0.39 is 11.6 Å². The fourth-order valence-corrected chi connectivity index (χ4v) is 1.47. The van der Waals surface area contributed by atoms with Gasteiger partial charge in [-0.3, -0.25) is 4.79 Å². The molecule has 0 fully saturated rings. The number of rotatable bonds is 5. The van der Waals surface area contributed by atoms with Crippen molar-refractivity contribution < 1.29 is 13.6 Å². The predicted octanol–water partition coefficient (Wildman–Crippen LogP) is 1.75. The molecule has 1 atom stereocenters. The van der Waals surface area contributed by atoms with Crippen molar-refractivity contribution in [1.29, 1.82) is 0 Å². The van der Waals surface area contributed by atoms with Crippen molar-refractivity contribution in [3.05, 3.63) is 35.4 Å². The lowest BCUT2D eigenvalue weighted by Crippen LogP contribution is -2.31. The molecule has 5 heteroatoms. The van der Waals surface area contributed by atoms with Crippen LogP contribution >= 0.6 is 0 Å². The summed E-state index contributed by atoms with van der Waals surface area (Å²) in [5, 5.41) is 5.69. The number of hydrogen-bond donors (Lipinski definition) is 2. The van der Waals surface area contributed by atoms with Crippen LogP contribution in [0.1, 0.15) is 25.5 Å². The van der Waals surface area contributed by atoms with Gasteiger partial charge in [-0.05, 0) is 24.6 Å². The molecule has 2 N–H and O–H groups in total. The Morgan fingerprint density at radius 1 is 1.24 bits per heavy atom. The molecule has 1 aromatic carbocycles. The lowest BCUT2D eigenvalue weighted by Gasteiger charge is -2.14. The molecule has 1 amide bonds. The molecular formula is C12H16F2N2O. The van der Waals surface area contributed by atoms with Gasteiger partial charge in [0.25, 0.3) is 0 Å². The van der Waals surface area contributed by atoms with Crippen molar-refractivity contribution in [3.8, 4) is 0 Å². The standard InChI is InChI=1S/C12H16F2N2O/c1-8(15-3-4-16-9(2)17)10-5-11(13)7-12(14)6-10/h5-8,15H,3-4H2,1-2H3,(H,16,17). The molecule has 1 aromatic rings. The second-order valence-corrected chi connectivity index (χ2v) is 3.86. The molecule has 94 valence electrons. The Hall–Kier alpha value is -1.49. The highest BCUT2D eigenvalue weighted by molar-refractivity contribution is 5.72. The molecule has 0 aliphatic carbocycles. The van der Waals surface area contributed by atoms with Crippen molar-refractivity contribution in [2.45, 2.75) is 19.9 Å². The third kappa shape index (κ3) is 4.91. The first-order valence-electron chi connectivity index (χ1n) is 5.43. The van der Waals surface area contributed by atoms with Crippen molar-refractivity contribution in [1.82, 2.24) is 10.6 Å². The van der Waals surface area contributed by atoms with Gasteiger partial charge in [-0.2, -0.15) is 0 Å². The predicted molar refractivity (Wildman–Crippen MR) is 61.5 cm³/mol. The minimum atomic E-state index is -0.587. The Kier molecular flexibility index (Phi) is 5.03. The van der Waals surface area contributed by atoms with Crippen LogP contribution in [0.3, 0.4) is 0 Å². The van der Waals surface area contributed by atoms with E-state index in [0.717, 1.165) is 6.07 Å². The molecule has 0 saturated carbocycles. The van der Waals surface area contributed by atoms with Gasteiger partial charge in [0.1, 0.15) is 11.6 Å². The topological polar surface area (TPSA) is 41.1 Å². The zero-order valence-electron chi connectivity index (χ0n) is 9.89. The monoisotopic (exact) mass is 242 g/mol. The maximum Gasteiger partial charge on any atom is 0.216 e. The summed E-state index contributed by atoms with van der Waals surface area (Å²) in [5.41, 5.74) is 0.547. The summed E-state index contributed by atoms with van der Waals surface area (Å²) in [7, 11) is 0. The minimum absolute atomic E-state index is 0.101. The minimum Gasteiger partial charge on any atom is -0.355 e. The van der Waals surface area contributed by atoms with Gasteiger partial charge in [0, 0.05) is 32.1 Å². The Labute approximate surface area is 99.2 Å². The van der Waals surface area contributed by atoms with Gasteiger partial charge < -0.3 is 10.6 Å². The third-order valence-electron chi connectivity index (χ3n) is 2.33. The molecule has 1 unspecified atom stereocenters. The van der Waals surface area contributed by atoms with Gasteiger partial charge in [-0.15, -0.1) is 0 Å². The van der Waals surface area contributed by atoms with E-state index in [0.29, 0.717) is 18.7 Å². The fourth-order valence-electron chi connectivity index (χ4n) is 1.47. The number of carbonyl (C=O) groups excluding carboxylic acids is 1. The number of hydrogen-bond acceptors (Lipinski definition) is 2. The van der Waals surface area contributed by atoms with Crippen molar-refractivity contribution in [2.75, 3.05) is 13.1 Å². The zero-order chi connectivity index (χ0) is 12.8. The molecule has 3 nitrogen and oxygen atoms in total. The van der Waals surface area contributed by atoms with Crippen LogP contribution < -0.4 is 10.6 Å². The summed E-state index contributed by atoms with van der Waals surface area (Å²) < 4.78 is 25.9. The van der Waals surface area contributed by atoms with Crippen LogP contribution in [0.15, 0.2) is 18.2 Å². The second kappa shape index (κ2) is 6.30. The van der Waals surface area contributed by atoms with Crippen LogP contribution in [0.25, 0.3) is 0 Å². The van der Waals surface area contributed by atoms with Crippen LogP contribution in [0.4, 0.5) is 8.78 Å². The summed E-state index contributed by atoms with van der Waals surface area (Å²) >= 11 is 0. The quantitative estimate of drug-likeness (QED) is 0.772. The molecule has 0 aromatic heterocycles. The maximum absolute atomic E-state index is 13.0. The highest BCUT2D eigenvalue weighted by Gasteiger charge is 2.07. The highest BCUT2D eigenvalue weighted by Crippen LogP contribution is 2.15. The Balaban J connectivity index is 2.46. The number of carbonyl (C=O) groups is 1. The van der Waals surface area contributed by atoms with E-state index in [9.17, 15) is 13.6 Å². The van der Waals surface area contributed by atoms with Crippen molar-refractivity contribution in [3.63, 3.8) is 0 Å². The lowest BCUT2D eigenvalue weighted by molar-refractivity contribution is -0.118. The Bertz CT molecular complexity index is 376. The van der Waals surface area contributed by atoms with Crippen LogP contribution in [0.5, 0.6) is 0 Å². The molecule has 17 heavy (non-hydrogen) atoms. The lowest BCUT2D eigenvalue weighted by atomic mass is 10.1. The fraction of sp³-hybridized carbons (Fsp3) is 0.417. The number of halogens is 2. The van der Waals surface area contributed by atoms with Crippen molar-refractivity contribution in [2.24, 2.45) is 0 Å². The van der Waals surface area contributed by atoms with E-state index in [1.807, 2.05) is 6.92 Å². The molecule has 0 radical (unpaired) electrons. The van der Waals surface area contributed by atoms with E-state index >= 15 is 0 Å². The number of benzene rings is 1. The van der Waals surface area contributed by atoms with E-state index in [2.05, 4.69) is 10.6 Å². The Morgan fingerprint density at radius 3 is 2.35 bits per heavy atom. The molecule has 0 aliphatic heterocycles. The van der Waals surface area contributed by atoms with Gasteiger partial charge in [-0.25, -0.2) is 8.78 Å². The second-order valence-electron chi connectivity index (χ2n) is 3.86. The van der Waals surface area contributed by atoms with Crippen LogP contribution in [-0.4, -0.2) is 19.0 Å². The zero-order valence-corrected chi connectivity index (χ0v) is 9.89. The van der Waals surface area contributed by atoms with Gasteiger partial charge in [0.15, 0.2) is 0 Å². The smallest absolute Gasteiger partial charge is 0.216 e. The molecule has 1 rings (SSSR count). The number of nitrogens with one attached hydrogen (secondary N) is 2. The largest absolute Gasteiger partial charge is 0.355 e.